The van der Waals surface area contributed by atoms with Gasteiger partial charge >= 0.3 is 11.9 Å². The van der Waals surface area contributed by atoms with Crippen LogP contribution in [0.5, 0.6) is 0 Å². The molecule has 0 heterocycles. The van der Waals surface area contributed by atoms with E-state index < -0.39 is 0 Å². The predicted molar refractivity (Wildman–Crippen MR) is 198 cm³/mol. The van der Waals surface area contributed by atoms with Gasteiger partial charge in [-0.25, -0.2) is 0 Å². The van der Waals surface area contributed by atoms with E-state index in [9.17, 15) is 9.59 Å². The first-order valence-corrected chi connectivity index (χ1v) is 20.5. The quantitative estimate of drug-likeness (QED) is 0.0498. The van der Waals surface area contributed by atoms with E-state index in [-0.39, 0.29) is 24.1 Å². The summed E-state index contributed by atoms with van der Waals surface area (Å²) >= 11 is 0. The molecule has 0 aromatic rings. The Bertz CT molecular complexity index is 636. The van der Waals surface area contributed by atoms with Gasteiger partial charge in [-0.05, 0) is 84.8 Å². The summed E-state index contributed by atoms with van der Waals surface area (Å²) in [6, 6.07) is 0. The van der Waals surface area contributed by atoms with Crippen LogP contribution in [0.15, 0.2) is 0 Å². The normalized spacial score (nSPS) is 12.2. The van der Waals surface area contributed by atoms with Gasteiger partial charge in [-0.1, -0.05) is 143 Å². The molecule has 1 unspecified atom stereocenters. The fourth-order valence-corrected chi connectivity index (χ4v) is 6.36. The molecular formula is C41H81NO4. The van der Waals surface area contributed by atoms with Crippen LogP contribution in [0.1, 0.15) is 220 Å². The van der Waals surface area contributed by atoms with Crippen molar-refractivity contribution in [2.45, 2.75) is 232 Å². The molecule has 0 fully saturated rings. The van der Waals surface area contributed by atoms with Gasteiger partial charge in [0.05, 0.1) is 0 Å². The van der Waals surface area contributed by atoms with Gasteiger partial charge in [0.2, 0.25) is 0 Å². The third kappa shape index (κ3) is 32.8. The van der Waals surface area contributed by atoms with E-state index in [0.29, 0.717) is 12.8 Å². The van der Waals surface area contributed by atoms with E-state index >= 15 is 0 Å². The number of nitrogens with zero attached hydrogens (tertiary/aromatic N) is 1. The average Bonchev–Trinajstić information content (AvgIpc) is 3.02. The number of unbranched alkanes of at least 4 members (excludes halogenated alkanes) is 20. The third-order valence-electron chi connectivity index (χ3n) is 9.38. The third-order valence-corrected chi connectivity index (χ3v) is 9.38. The molecule has 0 N–H and O–H groups in total. The highest BCUT2D eigenvalue weighted by atomic mass is 16.5. The highest BCUT2D eigenvalue weighted by Crippen LogP contribution is 2.20. The molecule has 0 spiro atoms. The summed E-state index contributed by atoms with van der Waals surface area (Å²) in [6.45, 7) is 7.71. The molecule has 0 aromatic carbocycles. The van der Waals surface area contributed by atoms with E-state index in [1.807, 2.05) is 14.1 Å². The van der Waals surface area contributed by atoms with Crippen molar-refractivity contribution in [1.82, 2.24) is 4.90 Å². The molecule has 0 aliphatic rings. The summed E-state index contributed by atoms with van der Waals surface area (Å²) in [5.74, 6) is -0.0162. The summed E-state index contributed by atoms with van der Waals surface area (Å²) in [4.78, 5) is 27.3. The van der Waals surface area contributed by atoms with Crippen LogP contribution in [-0.2, 0) is 19.1 Å². The second-order valence-corrected chi connectivity index (χ2v) is 14.5. The molecule has 5 heteroatoms. The lowest BCUT2D eigenvalue weighted by Gasteiger charge is -2.19. The van der Waals surface area contributed by atoms with E-state index in [1.165, 1.54) is 116 Å². The second-order valence-electron chi connectivity index (χ2n) is 14.5. The molecule has 1 atom stereocenters. The van der Waals surface area contributed by atoms with Crippen LogP contribution >= 0.6 is 0 Å². The molecule has 0 aromatic heterocycles. The molecule has 0 saturated heterocycles. The number of carbonyl (C=O) groups is 2. The lowest BCUT2D eigenvalue weighted by Crippen LogP contribution is -2.20. The number of carbonyl (C=O) groups excluding carboxylic acids is 2. The molecule has 274 valence electrons. The summed E-state index contributed by atoms with van der Waals surface area (Å²) in [6.07, 6.45) is 35.9. The van der Waals surface area contributed by atoms with Crippen molar-refractivity contribution in [3.05, 3.63) is 0 Å². The van der Waals surface area contributed by atoms with Gasteiger partial charge in [0.15, 0.2) is 0 Å². The van der Waals surface area contributed by atoms with Gasteiger partial charge in [0, 0.05) is 12.8 Å². The Labute approximate surface area is 288 Å². The fraction of sp³-hybridized carbons (Fsp3) is 0.951. The van der Waals surface area contributed by atoms with Gasteiger partial charge < -0.3 is 14.4 Å². The molecule has 0 saturated carbocycles. The van der Waals surface area contributed by atoms with Crippen LogP contribution in [0, 0.1) is 0 Å². The minimum atomic E-state index is -0.0281. The molecule has 0 amide bonds. The predicted octanol–water partition coefficient (Wildman–Crippen LogP) is 12.5. The van der Waals surface area contributed by atoms with Crippen molar-refractivity contribution < 1.29 is 19.1 Å². The molecule has 5 nitrogen and oxygen atoms in total. The summed E-state index contributed by atoms with van der Waals surface area (Å²) in [7, 11) is 4.09. The van der Waals surface area contributed by atoms with E-state index in [0.717, 1.165) is 77.2 Å². The first-order valence-electron chi connectivity index (χ1n) is 20.5. The van der Waals surface area contributed by atoms with Crippen LogP contribution in [-0.4, -0.2) is 49.7 Å². The Hall–Kier alpha value is -1.10. The Morgan fingerprint density at radius 2 is 0.696 bits per heavy atom. The Kier molecular flexibility index (Phi) is 34.4. The highest BCUT2D eigenvalue weighted by molar-refractivity contribution is 5.69. The summed E-state index contributed by atoms with van der Waals surface area (Å²) in [5, 5.41) is 0. The highest BCUT2D eigenvalue weighted by Gasteiger charge is 2.16. The number of rotatable bonds is 36. The van der Waals surface area contributed by atoms with Gasteiger partial charge in [0.1, 0.15) is 12.2 Å². The minimum absolute atomic E-state index is 0.0119. The van der Waals surface area contributed by atoms with Gasteiger partial charge in [-0.15, -0.1) is 0 Å². The topological polar surface area (TPSA) is 55.8 Å². The fourth-order valence-electron chi connectivity index (χ4n) is 6.36. The maximum atomic E-state index is 12.7. The molecule has 0 aliphatic carbocycles. The number of hydrogen-bond donors (Lipinski definition) is 0. The van der Waals surface area contributed by atoms with Crippen molar-refractivity contribution in [3.8, 4) is 0 Å². The van der Waals surface area contributed by atoms with Crippen LogP contribution < -0.4 is 0 Å². The lowest BCUT2D eigenvalue weighted by molar-refractivity contribution is -0.151. The standard InChI is InChI=1S/C41H81NO4/c1-6-9-12-15-18-22-27-33-39(46-41(44)36-30-37-42(4)5)34-28-23-19-24-29-35-40(43)45-38(31-25-20-16-13-10-7-2)32-26-21-17-14-11-8-3/h38-39H,6-37H2,1-5H3. The Morgan fingerprint density at radius 3 is 1.02 bits per heavy atom. The summed E-state index contributed by atoms with van der Waals surface area (Å²) < 4.78 is 12.0. The van der Waals surface area contributed by atoms with Crippen molar-refractivity contribution >= 4 is 11.9 Å². The molecule has 0 radical (unpaired) electrons. The van der Waals surface area contributed by atoms with Gasteiger partial charge in [0.25, 0.3) is 0 Å². The molecule has 0 bridgehead atoms. The molecule has 0 rings (SSSR count). The van der Waals surface area contributed by atoms with Crippen LogP contribution in [0.25, 0.3) is 0 Å². The maximum absolute atomic E-state index is 12.7. The maximum Gasteiger partial charge on any atom is 0.306 e. The first kappa shape index (κ1) is 44.9. The van der Waals surface area contributed by atoms with Crippen LogP contribution in [0.3, 0.4) is 0 Å². The van der Waals surface area contributed by atoms with Crippen molar-refractivity contribution in [2.24, 2.45) is 0 Å². The molecule has 0 aliphatic heterocycles. The molecular weight excluding hydrogens is 570 g/mol. The van der Waals surface area contributed by atoms with Crippen molar-refractivity contribution in [3.63, 3.8) is 0 Å². The first-order chi connectivity index (χ1) is 22.4. The van der Waals surface area contributed by atoms with Crippen molar-refractivity contribution in [2.75, 3.05) is 20.6 Å². The minimum Gasteiger partial charge on any atom is -0.462 e. The zero-order valence-corrected chi connectivity index (χ0v) is 31.9. The Balaban J connectivity index is 4.36. The zero-order valence-electron chi connectivity index (χ0n) is 31.9. The SMILES string of the molecule is CCCCCCCCCC(CCCCCCCC(=O)OC(CCCCCCCC)CCCCCCCC)OC(=O)CCCN(C)C. The zero-order chi connectivity index (χ0) is 33.9. The summed E-state index contributed by atoms with van der Waals surface area (Å²) in [5.41, 5.74) is 0. The van der Waals surface area contributed by atoms with Crippen LogP contribution in [0.4, 0.5) is 0 Å². The van der Waals surface area contributed by atoms with E-state index in [1.54, 1.807) is 0 Å². The number of esters is 2. The number of ether oxygens (including phenoxy) is 2. The van der Waals surface area contributed by atoms with E-state index in [2.05, 4.69) is 25.7 Å². The smallest absolute Gasteiger partial charge is 0.306 e. The van der Waals surface area contributed by atoms with Gasteiger partial charge in [-0.2, -0.15) is 0 Å². The average molecular weight is 652 g/mol. The Morgan fingerprint density at radius 1 is 0.413 bits per heavy atom. The number of hydrogen-bond acceptors (Lipinski definition) is 5. The largest absolute Gasteiger partial charge is 0.462 e. The van der Waals surface area contributed by atoms with Crippen LogP contribution in [0.2, 0.25) is 0 Å². The molecule has 46 heavy (non-hydrogen) atoms. The van der Waals surface area contributed by atoms with E-state index in [4.69, 9.17) is 9.47 Å². The second kappa shape index (κ2) is 35.2. The van der Waals surface area contributed by atoms with Crippen molar-refractivity contribution in [1.29, 1.82) is 0 Å². The van der Waals surface area contributed by atoms with Gasteiger partial charge in [-0.3, -0.25) is 9.59 Å². The lowest BCUT2D eigenvalue weighted by atomic mass is 10.0. The monoisotopic (exact) mass is 652 g/mol.